The summed E-state index contributed by atoms with van der Waals surface area (Å²) >= 11 is 6.14. The van der Waals surface area contributed by atoms with E-state index in [1.807, 2.05) is 24.4 Å². The molecule has 0 bridgehead atoms. The Morgan fingerprint density at radius 1 is 1.19 bits per heavy atom. The van der Waals surface area contributed by atoms with Gasteiger partial charge in [-0.25, -0.2) is 4.68 Å². The molecular formula is C16H19ClN4. The first-order valence-electron chi connectivity index (χ1n) is 7.62. The molecular weight excluding hydrogens is 284 g/mol. The minimum absolute atomic E-state index is 0.649. The van der Waals surface area contributed by atoms with Crippen molar-refractivity contribution in [1.82, 2.24) is 15.1 Å². The molecule has 1 saturated carbocycles. The highest BCUT2D eigenvalue weighted by molar-refractivity contribution is 6.30. The van der Waals surface area contributed by atoms with Crippen LogP contribution in [0.4, 0.5) is 5.69 Å². The second kappa shape index (κ2) is 5.35. The smallest absolute Gasteiger partial charge is 0.0793 e. The van der Waals surface area contributed by atoms with Gasteiger partial charge in [-0.05, 0) is 31.0 Å². The molecule has 0 unspecified atom stereocenters. The molecule has 0 spiro atoms. The van der Waals surface area contributed by atoms with Crippen molar-refractivity contribution in [3.05, 3.63) is 41.2 Å². The van der Waals surface area contributed by atoms with E-state index in [2.05, 4.69) is 26.1 Å². The molecule has 2 aliphatic rings. The molecule has 1 aromatic carbocycles. The van der Waals surface area contributed by atoms with Crippen LogP contribution >= 0.6 is 11.6 Å². The van der Waals surface area contributed by atoms with E-state index in [1.54, 1.807) is 0 Å². The maximum atomic E-state index is 6.14. The molecule has 2 aromatic rings. The summed E-state index contributed by atoms with van der Waals surface area (Å²) in [6.45, 7) is 4.21. The van der Waals surface area contributed by atoms with Crippen molar-refractivity contribution in [2.24, 2.45) is 0 Å². The van der Waals surface area contributed by atoms with Gasteiger partial charge in [0.05, 0.1) is 23.3 Å². The highest BCUT2D eigenvalue weighted by Gasteiger charge is 2.32. The molecule has 1 aliphatic carbocycles. The number of piperazine rings is 1. The summed E-state index contributed by atoms with van der Waals surface area (Å²) < 4.78 is 2.08. The van der Waals surface area contributed by atoms with Crippen LogP contribution in [-0.2, 0) is 0 Å². The minimum atomic E-state index is 0.649. The third-order valence-corrected chi connectivity index (χ3v) is 4.50. The summed E-state index contributed by atoms with van der Waals surface area (Å²) in [6.07, 6.45) is 4.57. The van der Waals surface area contributed by atoms with E-state index in [1.165, 1.54) is 24.2 Å². The molecule has 4 nitrogen and oxygen atoms in total. The summed E-state index contributed by atoms with van der Waals surface area (Å²) in [5.41, 5.74) is 3.73. The van der Waals surface area contributed by atoms with Crippen LogP contribution < -0.4 is 10.2 Å². The van der Waals surface area contributed by atoms with Crippen molar-refractivity contribution in [2.45, 2.75) is 18.8 Å². The number of rotatable bonds is 3. The lowest BCUT2D eigenvalue weighted by atomic mass is 10.2. The molecule has 5 heteroatoms. The fourth-order valence-electron chi connectivity index (χ4n) is 3.05. The van der Waals surface area contributed by atoms with Crippen molar-refractivity contribution in [3.63, 3.8) is 0 Å². The van der Waals surface area contributed by atoms with Gasteiger partial charge in [0.2, 0.25) is 0 Å². The lowest BCUT2D eigenvalue weighted by molar-refractivity contribution is 0.587. The second-order valence-corrected chi connectivity index (χ2v) is 6.25. The first kappa shape index (κ1) is 13.2. The third kappa shape index (κ3) is 2.54. The average Bonchev–Trinajstić information content (AvgIpc) is 3.26. The van der Waals surface area contributed by atoms with Crippen LogP contribution in [0, 0.1) is 0 Å². The number of benzene rings is 1. The Bertz CT molecular complexity index is 641. The fourth-order valence-corrected chi connectivity index (χ4v) is 3.24. The van der Waals surface area contributed by atoms with Crippen LogP contribution in [0.2, 0.25) is 5.02 Å². The average molecular weight is 303 g/mol. The van der Waals surface area contributed by atoms with Gasteiger partial charge in [0.15, 0.2) is 0 Å². The maximum Gasteiger partial charge on any atom is 0.0793 e. The van der Waals surface area contributed by atoms with Crippen LogP contribution in [0.3, 0.4) is 0 Å². The van der Waals surface area contributed by atoms with Gasteiger partial charge in [-0.15, -0.1) is 0 Å². The number of nitrogens with one attached hydrogen (secondary N) is 1. The highest BCUT2D eigenvalue weighted by Crippen LogP contribution is 2.45. The molecule has 0 radical (unpaired) electrons. The van der Waals surface area contributed by atoms with E-state index in [4.69, 9.17) is 11.6 Å². The van der Waals surface area contributed by atoms with Crippen LogP contribution in [0.5, 0.6) is 0 Å². The van der Waals surface area contributed by atoms with Gasteiger partial charge < -0.3 is 10.2 Å². The minimum Gasteiger partial charge on any atom is -0.366 e. The SMILES string of the molecule is Clc1cccc(-n2ncc(N3CCNCC3)c2C2CC2)c1. The second-order valence-electron chi connectivity index (χ2n) is 5.82. The van der Waals surface area contributed by atoms with Gasteiger partial charge in [-0.2, -0.15) is 5.10 Å². The molecule has 4 rings (SSSR count). The Labute approximate surface area is 129 Å². The quantitative estimate of drug-likeness (QED) is 0.946. The van der Waals surface area contributed by atoms with E-state index in [9.17, 15) is 0 Å². The summed E-state index contributed by atoms with van der Waals surface area (Å²) in [4.78, 5) is 2.46. The normalized spacial score (nSPS) is 19.0. The van der Waals surface area contributed by atoms with Crippen LogP contribution in [-0.4, -0.2) is 36.0 Å². The van der Waals surface area contributed by atoms with Crippen molar-refractivity contribution in [1.29, 1.82) is 0 Å². The number of nitrogens with zero attached hydrogens (tertiary/aromatic N) is 3. The van der Waals surface area contributed by atoms with E-state index < -0.39 is 0 Å². The standard InChI is InChI=1S/C16H19ClN4/c17-13-2-1-3-14(10-13)21-16(12-4-5-12)15(11-19-21)20-8-6-18-7-9-20/h1-3,10-12,18H,4-9H2. The van der Waals surface area contributed by atoms with Gasteiger partial charge in [0, 0.05) is 37.1 Å². The maximum absolute atomic E-state index is 6.14. The Hall–Kier alpha value is -1.52. The Balaban J connectivity index is 1.76. The number of anilines is 1. The summed E-state index contributed by atoms with van der Waals surface area (Å²) in [6, 6.07) is 7.96. The number of hydrogen-bond donors (Lipinski definition) is 1. The van der Waals surface area contributed by atoms with Crippen molar-refractivity contribution >= 4 is 17.3 Å². The lowest BCUT2D eigenvalue weighted by Gasteiger charge is -2.29. The summed E-state index contributed by atoms with van der Waals surface area (Å²) in [5, 5.41) is 8.83. The third-order valence-electron chi connectivity index (χ3n) is 4.26. The molecule has 110 valence electrons. The van der Waals surface area contributed by atoms with E-state index >= 15 is 0 Å². The topological polar surface area (TPSA) is 33.1 Å². The Morgan fingerprint density at radius 2 is 2.00 bits per heavy atom. The van der Waals surface area contributed by atoms with E-state index in [-0.39, 0.29) is 0 Å². The predicted molar refractivity (Wildman–Crippen MR) is 85.6 cm³/mol. The highest BCUT2D eigenvalue weighted by atomic mass is 35.5. The van der Waals surface area contributed by atoms with Gasteiger partial charge in [-0.3, -0.25) is 0 Å². The molecule has 1 N–H and O–H groups in total. The van der Waals surface area contributed by atoms with Crippen molar-refractivity contribution in [2.75, 3.05) is 31.1 Å². The molecule has 1 aromatic heterocycles. The monoisotopic (exact) mass is 302 g/mol. The van der Waals surface area contributed by atoms with Crippen molar-refractivity contribution in [3.8, 4) is 5.69 Å². The lowest BCUT2D eigenvalue weighted by Crippen LogP contribution is -2.43. The van der Waals surface area contributed by atoms with Crippen LogP contribution in [0.15, 0.2) is 30.5 Å². The first-order valence-corrected chi connectivity index (χ1v) is 8.00. The Kier molecular flexibility index (Phi) is 3.36. The molecule has 1 saturated heterocycles. The largest absolute Gasteiger partial charge is 0.366 e. The fraction of sp³-hybridized carbons (Fsp3) is 0.438. The van der Waals surface area contributed by atoms with Gasteiger partial charge in [0.1, 0.15) is 0 Å². The van der Waals surface area contributed by atoms with Crippen LogP contribution in [0.25, 0.3) is 5.69 Å². The molecule has 21 heavy (non-hydrogen) atoms. The van der Waals surface area contributed by atoms with Crippen LogP contribution in [0.1, 0.15) is 24.5 Å². The van der Waals surface area contributed by atoms with Gasteiger partial charge in [-0.1, -0.05) is 17.7 Å². The zero-order valence-corrected chi connectivity index (χ0v) is 12.7. The zero-order valence-electron chi connectivity index (χ0n) is 11.9. The van der Waals surface area contributed by atoms with Gasteiger partial charge >= 0.3 is 0 Å². The first-order chi connectivity index (χ1) is 10.3. The molecule has 1 aliphatic heterocycles. The molecule has 0 atom stereocenters. The Morgan fingerprint density at radius 3 is 2.71 bits per heavy atom. The molecule has 0 amide bonds. The number of hydrogen-bond acceptors (Lipinski definition) is 3. The number of halogens is 1. The summed E-state index contributed by atoms with van der Waals surface area (Å²) in [5.74, 6) is 0.649. The molecule has 2 heterocycles. The van der Waals surface area contributed by atoms with Gasteiger partial charge in [0.25, 0.3) is 0 Å². The zero-order chi connectivity index (χ0) is 14.2. The molecule has 2 fully saturated rings. The predicted octanol–water partition coefficient (Wildman–Crippen LogP) is 2.81. The van der Waals surface area contributed by atoms with E-state index in [0.717, 1.165) is 36.9 Å². The summed E-state index contributed by atoms with van der Waals surface area (Å²) in [7, 11) is 0. The number of aromatic nitrogens is 2. The van der Waals surface area contributed by atoms with Crippen molar-refractivity contribution < 1.29 is 0 Å². The van der Waals surface area contributed by atoms with E-state index in [0.29, 0.717) is 5.92 Å².